The van der Waals surface area contributed by atoms with Gasteiger partial charge in [-0.05, 0) is 32.2 Å². The summed E-state index contributed by atoms with van der Waals surface area (Å²) in [5.74, 6) is 0. The predicted molar refractivity (Wildman–Crippen MR) is 93.1 cm³/mol. The molecule has 1 aromatic rings. The number of aromatic nitrogens is 1. The van der Waals surface area contributed by atoms with E-state index in [-0.39, 0.29) is 12.4 Å². The second-order valence-corrected chi connectivity index (χ2v) is 7.82. The van der Waals surface area contributed by atoms with Crippen LogP contribution in [-0.4, -0.2) is 55.7 Å². The lowest BCUT2D eigenvalue weighted by molar-refractivity contribution is 0.169. The minimum Gasteiger partial charge on any atom is -0.346 e. The first-order valence-corrected chi connectivity index (χ1v) is 8.49. The van der Waals surface area contributed by atoms with Crippen LogP contribution in [0.15, 0.2) is 0 Å². The van der Waals surface area contributed by atoms with Gasteiger partial charge in [-0.2, -0.15) is 0 Å². The molecule has 120 valence electrons. The Hall–Kier alpha value is -0.360. The van der Waals surface area contributed by atoms with Gasteiger partial charge in [-0.3, -0.25) is 4.90 Å². The van der Waals surface area contributed by atoms with Gasteiger partial charge in [0.05, 0.1) is 5.69 Å². The predicted octanol–water partition coefficient (Wildman–Crippen LogP) is 2.30. The third-order valence-corrected chi connectivity index (χ3v) is 5.86. The quantitative estimate of drug-likeness (QED) is 0.921. The molecule has 0 amide bonds. The number of thiazole rings is 1. The summed E-state index contributed by atoms with van der Waals surface area (Å²) in [6.45, 7) is 14.9. The van der Waals surface area contributed by atoms with Crippen molar-refractivity contribution in [2.24, 2.45) is 5.41 Å². The zero-order chi connectivity index (χ0) is 14.2. The highest BCUT2D eigenvalue weighted by molar-refractivity contribution is 7.15. The van der Waals surface area contributed by atoms with E-state index >= 15 is 0 Å². The maximum atomic E-state index is 4.69. The van der Waals surface area contributed by atoms with Gasteiger partial charge in [-0.15, -0.1) is 23.7 Å². The van der Waals surface area contributed by atoms with Gasteiger partial charge in [0.25, 0.3) is 0 Å². The molecule has 1 N–H and O–H groups in total. The summed E-state index contributed by atoms with van der Waals surface area (Å²) >= 11 is 1.84. The highest BCUT2D eigenvalue weighted by Crippen LogP contribution is 2.28. The molecule has 1 atom stereocenters. The van der Waals surface area contributed by atoms with Gasteiger partial charge in [0, 0.05) is 44.1 Å². The van der Waals surface area contributed by atoms with Crippen LogP contribution in [0.2, 0.25) is 0 Å². The second-order valence-electron chi connectivity index (χ2n) is 6.64. The molecule has 4 nitrogen and oxygen atoms in total. The second kappa shape index (κ2) is 6.82. The van der Waals surface area contributed by atoms with E-state index in [9.17, 15) is 0 Å². The van der Waals surface area contributed by atoms with Gasteiger partial charge in [-0.1, -0.05) is 6.92 Å². The van der Waals surface area contributed by atoms with Crippen molar-refractivity contribution >= 4 is 28.9 Å². The zero-order valence-corrected chi connectivity index (χ0v) is 14.9. The Balaban J connectivity index is 0.00000161. The topological polar surface area (TPSA) is 31.4 Å². The fraction of sp³-hybridized carbons (Fsp3) is 0.800. The number of hydrogen-bond acceptors (Lipinski definition) is 5. The third-order valence-electron chi connectivity index (χ3n) is 4.72. The van der Waals surface area contributed by atoms with Gasteiger partial charge in [0.15, 0.2) is 5.13 Å². The molecule has 1 unspecified atom stereocenters. The molecule has 2 aliphatic heterocycles. The van der Waals surface area contributed by atoms with Crippen LogP contribution in [0, 0.1) is 19.3 Å². The summed E-state index contributed by atoms with van der Waals surface area (Å²) < 4.78 is 0. The molecule has 2 fully saturated rings. The van der Waals surface area contributed by atoms with E-state index in [0.29, 0.717) is 5.41 Å². The van der Waals surface area contributed by atoms with Crippen LogP contribution in [0.4, 0.5) is 5.13 Å². The SMILES string of the molecule is Cc1nc(N2CCN(CC3(C)CCNC3)CC2)sc1C.Cl. The summed E-state index contributed by atoms with van der Waals surface area (Å²) in [6.07, 6.45) is 1.32. The molecular formula is C15H27ClN4S. The summed E-state index contributed by atoms with van der Waals surface area (Å²) in [7, 11) is 0. The van der Waals surface area contributed by atoms with E-state index in [1.165, 1.54) is 54.8 Å². The summed E-state index contributed by atoms with van der Waals surface area (Å²) in [6, 6.07) is 0. The molecule has 0 aliphatic carbocycles. The van der Waals surface area contributed by atoms with Crippen molar-refractivity contribution in [2.45, 2.75) is 27.2 Å². The van der Waals surface area contributed by atoms with Gasteiger partial charge in [0.1, 0.15) is 0 Å². The highest BCUT2D eigenvalue weighted by atomic mass is 35.5. The maximum Gasteiger partial charge on any atom is 0.185 e. The normalized spacial score (nSPS) is 26.9. The van der Waals surface area contributed by atoms with Crippen molar-refractivity contribution in [1.82, 2.24) is 15.2 Å². The Bertz CT molecular complexity index is 443. The Morgan fingerprint density at radius 2 is 1.95 bits per heavy atom. The van der Waals surface area contributed by atoms with E-state index in [1.54, 1.807) is 0 Å². The molecule has 0 radical (unpaired) electrons. The number of hydrogen-bond donors (Lipinski definition) is 1. The minimum atomic E-state index is 0. The lowest BCUT2D eigenvalue weighted by Gasteiger charge is -2.38. The van der Waals surface area contributed by atoms with Crippen molar-refractivity contribution in [1.29, 1.82) is 0 Å². The van der Waals surface area contributed by atoms with Crippen molar-refractivity contribution in [3.8, 4) is 0 Å². The van der Waals surface area contributed by atoms with Crippen LogP contribution in [-0.2, 0) is 0 Å². The standard InChI is InChI=1S/C15H26N4S.ClH/c1-12-13(2)20-14(17-12)19-8-6-18(7-9-19)11-15(3)4-5-16-10-15;/h16H,4-11H2,1-3H3;1H. The fourth-order valence-electron chi connectivity index (χ4n) is 3.23. The Kier molecular flexibility index (Phi) is 5.52. The van der Waals surface area contributed by atoms with Gasteiger partial charge >= 0.3 is 0 Å². The molecule has 2 aliphatic rings. The first kappa shape index (κ1) is 17.0. The molecule has 0 spiro atoms. The number of rotatable bonds is 3. The molecule has 0 bridgehead atoms. The first-order chi connectivity index (χ1) is 9.56. The maximum absolute atomic E-state index is 4.69. The lowest BCUT2D eigenvalue weighted by Crippen LogP contribution is -2.49. The van der Waals surface area contributed by atoms with Crippen LogP contribution in [0.5, 0.6) is 0 Å². The van der Waals surface area contributed by atoms with Crippen molar-refractivity contribution < 1.29 is 0 Å². The first-order valence-electron chi connectivity index (χ1n) is 7.68. The smallest absolute Gasteiger partial charge is 0.185 e. The number of halogens is 1. The number of nitrogens with zero attached hydrogens (tertiary/aromatic N) is 3. The molecule has 2 saturated heterocycles. The number of aryl methyl sites for hydroxylation is 2. The minimum absolute atomic E-state index is 0. The molecule has 3 heterocycles. The number of nitrogens with one attached hydrogen (secondary N) is 1. The van der Waals surface area contributed by atoms with Gasteiger partial charge in [0.2, 0.25) is 0 Å². The van der Waals surface area contributed by atoms with Crippen molar-refractivity contribution in [3.05, 3.63) is 10.6 Å². The third kappa shape index (κ3) is 3.89. The molecule has 6 heteroatoms. The Morgan fingerprint density at radius 3 is 2.48 bits per heavy atom. The van der Waals surface area contributed by atoms with Crippen LogP contribution >= 0.6 is 23.7 Å². The molecule has 1 aromatic heterocycles. The van der Waals surface area contributed by atoms with Crippen LogP contribution in [0.25, 0.3) is 0 Å². The largest absolute Gasteiger partial charge is 0.346 e. The van der Waals surface area contributed by atoms with E-state index in [1.807, 2.05) is 11.3 Å². The summed E-state index contributed by atoms with van der Waals surface area (Å²) in [4.78, 5) is 11.1. The monoisotopic (exact) mass is 330 g/mol. The van der Waals surface area contributed by atoms with Crippen molar-refractivity contribution in [3.63, 3.8) is 0 Å². The van der Waals surface area contributed by atoms with Crippen LogP contribution < -0.4 is 10.2 Å². The van der Waals surface area contributed by atoms with Gasteiger partial charge < -0.3 is 10.2 Å². The van der Waals surface area contributed by atoms with E-state index in [0.717, 1.165) is 13.1 Å². The molecule has 3 rings (SSSR count). The summed E-state index contributed by atoms with van der Waals surface area (Å²) in [5, 5.41) is 4.72. The lowest BCUT2D eigenvalue weighted by atomic mass is 9.89. The number of anilines is 1. The van der Waals surface area contributed by atoms with Crippen molar-refractivity contribution in [2.75, 3.05) is 50.7 Å². The fourth-order valence-corrected chi connectivity index (χ4v) is 4.19. The average molecular weight is 331 g/mol. The Morgan fingerprint density at radius 1 is 1.24 bits per heavy atom. The van der Waals surface area contributed by atoms with E-state index in [4.69, 9.17) is 4.98 Å². The summed E-state index contributed by atoms with van der Waals surface area (Å²) in [5.41, 5.74) is 1.67. The molecule has 0 saturated carbocycles. The van der Waals surface area contributed by atoms with E-state index < -0.39 is 0 Å². The molecule has 0 aromatic carbocycles. The highest BCUT2D eigenvalue weighted by Gasteiger charge is 2.32. The zero-order valence-electron chi connectivity index (χ0n) is 13.3. The van der Waals surface area contributed by atoms with Crippen LogP contribution in [0.3, 0.4) is 0 Å². The number of piperazine rings is 1. The Labute approximate surface area is 138 Å². The average Bonchev–Trinajstić information content (AvgIpc) is 2.98. The molecule has 21 heavy (non-hydrogen) atoms. The van der Waals surface area contributed by atoms with E-state index in [2.05, 4.69) is 35.9 Å². The van der Waals surface area contributed by atoms with Gasteiger partial charge in [-0.25, -0.2) is 4.98 Å². The van der Waals surface area contributed by atoms with Crippen LogP contribution in [0.1, 0.15) is 23.9 Å². The molecular weight excluding hydrogens is 304 g/mol.